The molecule has 0 aromatic carbocycles. The molecule has 0 saturated carbocycles. The van der Waals surface area contributed by atoms with Crippen LogP contribution >= 0.6 is 24.2 Å². The molecule has 0 bridgehead atoms. The standard InChI is InChI=1S/C11H22N2O2S.ClH/c1-2-10(14)3-4-13-11(15)7-9-8-16-6-5-12-9;/h9-10,12,14H,2-8H2,1H3,(H,13,15);1H. The Balaban J connectivity index is 0.00000256. The highest BCUT2D eigenvalue weighted by Gasteiger charge is 2.16. The van der Waals surface area contributed by atoms with Gasteiger partial charge in [0.2, 0.25) is 5.91 Å². The Bertz CT molecular complexity index is 214. The van der Waals surface area contributed by atoms with Crippen LogP contribution < -0.4 is 10.6 Å². The molecule has 1 saturated heterocycles. The zero-order valence-electron chi connectivity index (χ0n) is 10.3. The van der Waals surface area contributed by atoms with Crippen LogP contribution in [0, 0.1) is 0 Å². The zero-order valence-corrected chi connectivity index (χ0v) is 11.9. The van der Waals surface area contributed by atoms with Gasteiger partial charge in [-0.2, -0.15) is 11.8 Å². The van der Waals surface area contributed by atoms with E-state index in [4.69, 9.17) is 0 Å². The van der Waals surface area contributed by atoms with E-state index in [1.54, 1.807) is 0 Å². The lowest BCUT2D eigenvalue weighted by molar-refractivity contribution is -0.121. The summed E-state index contributed by atoms with van der Waals surface area (Å²) in [6.07, 6.45) is 1.66. The second-order valence-corrected chi connectivity index (χ2v) is 5.28. The maximum Gasteiger partial charge on any atom is 0.221 e. The first kappa shape index (κ1) is 17.0. The molecule has 0 aromatic rings. The molecule has 2 unspecified atom stereocenters. The van der Waals surface area contributed by atoms with Crippen molar-refractivity contribution >= 4 is 30.1 Å². The van der Waals surface area contributed by atoms with Crippen LogP contribution in [0.25, 0.3) is 0 Å². The van der Waals surface area contributed by atoms with Crippen LogP contribution in [0.1, 0.15) is 26.2 Å². The normalized spacial score (nSPS) is 21.4. The summed E-state index contributed by atoms with van der Waals surface area (Å²) in [7, 11) is 0. The number of aliphatic hydroxyl groups is 1. The third-order valence-electron chi connectivity index (χ3n) is 2.70. The number of thioether (sulfide) groups is 1. The van der Waals surface area contributed by atoms with Gasteiger partial charge in [-0.05, 0) is 12.8 Å². The fourth-order valence-electron chi connectivity index (χ4n) is 1.63. The average molecular weight is 283 g/mol. The van der Waals surface area contributed by atoms with Crippen molar-refractivity contribution in [2.75, 3.05) is 24.6 Å². The number of carbonyl (C=O) groups is 1. The highest BCUT2D eigenvalue weighted by molar-refractivity contribution is 7.99. The predicted molar refractivity (Wildman–Crippen MR) is 74.9 cm³/mol. The topological polar surface area (TPSA) is 61.4 Å². The van der Waals surface area contributed by atoms with Crippen LogP contribution in [0.15, 0.2) is 0 Å². The first-order chi connectivity index (χ1) is 7.72. The van der Waals surface area contributed by atoms with Gasteiger partial charge in [0.15, 0.2) is 0 Å². The molecule has 4 nitrogen and oxygen atoms in total. The quantitative estimate of drug-likeness (QED) is 0.674. The molecule has 1 fully saturated rings. The Morgan fingerprint density at radius 3 is 3.00 bits per heavy atom. The molecular formula is C11H23ClN2O2S. The first-order valence-electron chi connectivity index (χ1n) is 5.98. The molecule has 0 aliphatic carbocycles. The lowest BCUT2D eigenvalue weighted by Crippen LogP contribution is -2.41. The highest BCUT2D eigenvalue weighted by atomic mass is 35.5. The lowest BCUT2D eigenvalue weighted by atomic mass is 10.2. The number of carbonyl (C=O) groups excluding carboxylic acids is 1. The smallest absolute Gasteiger partial charge is 0.221 e. The van der Waals surface area contributed by atoms with Gasteiger partial charge in [-0.25, -0.2) is 0 Å². The predicted octanol–water partition coefficient (Wildman–Crippen LogP) is 0.780. The number of hydrogen-bond donors (Lipinski definition) is 3. The minimum atomic E-state index is -0.288. The number of rotatable bonds is 6. The van der Waals surface area contributed by atoms with Crippen LogP contribution in [0.3, 0.4) is 0 Å². The molecule has 0 aromatic heterocycles. The Kier molecular flexibility index (Phi) is 10.0. The van der Waals surface area contributed by atoms with E-state index < -0.39 is 0 Å². The van der Waals surface area contributed by atoms with Crippen molar-refractivity contribution in [1.82, 2.24) is 10.6 Å². The Morgan fingerprint density at radius 2 is 2.41 bits per heavy atom. The van der Waals surface area contributed by atoms with Gasteiger partial charge in [0.25, 0.3) is 0 Å². The summed E-state index contributed by atoms with van der Waals surface area (Å²) in [6.45, 7) is 3.51. The molecule has 1 aliphatic rings. The number of halogens is 1. The summed E-state index contributed by atoms with van der Waals surface area (Å²) in [5.41, 5.74) is 0. The van der Waals surface area contributed by atoms with Crippen LogP contribution in [0.4, 0.5) is 0 Å². The van der Waals surface area contributed by atoms with Crippen molar-refractivity contribution in [1.29, 1.82) is 0 Å². The van der Waals surface area contributed by atoms with Gasteiger partial charge in [0, 0.05) is 37.1 Å². The summed E-state index contributed by atoms with van der Waals surface area (Å²) in [4.78, 5) is 11.5. The maximum absolute atomic E-state index is 11.5. The van der Waals surface area contributed by atoms with Gasteiger partial charge in [0.1, 0.15) is 0 Å². The van der Waals surface area contributed by atoms with E-state index in [9.17, 15) is 9.90 Å². The van der Waals surface area contributed by atoms with Gasteiger partial charge >= 0.3 is 0 Å². The third kappa shape index (κ3) is 7.86. The van der Waals surface area contributed by atoms with E-state index in [0.717, 1.165) is 24.5 Å². The SMILES string of the molecule is CCC(O)CCNC(=O)CC1CSCCN1.Cl. The summed E-state index contributed by atoms with van der Waals surface area (Å²) >= 11 is 1.89. The second-order valence-electron chi connectivity index (χ2n) is 4.13. The van der Waals surface area contributed by atoms with E-state index in [1.807, 2.05) is 18.7 Å². The first-order valence-corrected chi connectivity index (χ1v) is 7.13. The molecular weight excluding hydrogens is 260 g/mol. The number of hydrogen-bond acceptors (Lipinski definition) is 4. The summed E-state index contributed by atoms with van der Waals surface area (Å²) in [5.74, 6) is 2.24. The molecule has 17 heavy (non-hydrogen) atoms. The van der Waals surface area contributed by atoms with E-state index >= 15 is 0 Å². The van der Waals surface area contributed by atoms with E-state index in [-0.39, 0.29) is 24.4 Å². The van der Waals surface area contributed by atoms with E-state index in [1.165, 1.54) is 0 Å². The minimum Gasteiger partial charge on any atom is -0.393 e. The minimum absolute atomic E-state index is 0. The van der Waals surface area contributed by atoms with Crippen molar-refractivity contribution in [3.8, 4) is 0 Å². The molecule has 1 amide bonds. The Hall–Kier alpha value is 0.0300. The van der Waals surface area contributed by atoms with Gasteiger partial charge in [0.05, 0.1) is 6.10 Å². The number of aliphatic hydroxyl groups excluding tert-OH is 1. The summed E-state index contributed by atoms with van der Waals surface area (Å²) in [6, 6.07) is 0.315. The van der Waals surface area contributed by atoms with Gasteiger partial charge in [-0.3, -0.25) is 4.79 Å². The summed E-state index contributed by atoms with van der Waals surface area (Å²) < 4.78 is 0. The molecule has 1 aliphatic heterocycles. The number of amides is 1. The third-order valence-corrected chi connectivity index (χ3v) is 3.83. The van der Waals surface area contributed by atoms with Crippen molar-refractivity contribution in [2.45, 2.75) is 38.3 Å². The fraction of sp³-hybridized carbons (Fsp3) is 0.909. The summed E-state index contributed by atoms with van der Waals surface area (Å²) in [5, 5.41) is 15.5. The molecule has 0 radical (unpaired) electrons. The molecule has 0 spiro atoms. The molecule has 2 atom stereocenters. The van der Waals surface area contributed by atoms with Gasteiger partial charge in [-0.15, -0.1) is 12.4 Å². The Morgan fingerprint density at radius 1 is 1.65 bits per heavy atom. The van der Waals surface area contributed by atoms with E-state index in [0.29, 0.717) is 25.4 Å². The number of nitrogens with one attached hydrogen (secondary N) is 2. The van der Waals surface area contributed by atoms with Crippen molar-refractivity contribution < 1.29 is 9.90 Å². The van der Waals surface area contributed by atoms with Crippen molar-refractivity contribution in [2.24, 2.45) is 0 Å². The molecule has 1 heterocycles. The maximum atomic E-state index is 11.5. The monoisotopic (exact) mass is 282 g/mol. The van der Waals surface area contributed by atoms with Crippen LogP contribution in [0.5, 0.6) is 0 Å². The van der Waals surface area contributed by atoms with E-state index in [2.05, 4.69) is 10.6 Å². The van der Waals surface area contributed by atoms with Gasteiger partial charge in [-0.1, -0.05) is 6.92 Å². The van der Waals surface area contributed by atoms with Gasteiger partial charge < -0.3 is 15.7 Å². The molecule has 6 heteroatoms. The van der Waals surface area contributed by atoms with Crippen molar-refractivity contribution in [3.05, 3.63) is 0 Å². The van der Waals surface area contributed by atoms with Crippen LogP contribution in [-0.4, -0.2) is 47.8 Å². The largest absolute Gasteiger partial charge is 0.393 e. The van der Waals surface area contributed by atoms with Crippen LogP contribution in [0.2, 0.25) is 0 Å². The molecule has 3 N–H and O–H groups in total. The highest BCUT2D eigenvalue weighted by Crippen LogP contribution is 2.09. The zero-order chi connectivity index (χ0) is 11.8. The Labute approximate surface area is 114 Å². The van der Waals surface area contributed by atoms with Crippen LogP contribution in [-0.2, 0) is 4.79 Å². The molecule has 1 rings (SSSR count). The second kappa shape index (κ2) is 10.00. The average Bonchev–Trinajstić information content (AvgIpc) is 2.30. The van der Waals surface area contributed by atoms with Crippen molar-refractivity contribution in [3.63, 3.8) is 0 Å². The molecule has 102 valence electrons. The fourth-order valence-corrected chi connectivity index (χ4v) is 2.58. The lowest BCUT2D eigenvalue weighted by Gasteiger charge is -2.22.